The molecule has 1 atom stereocenters. The number of aromatic nitrogens is 3. The first kappa shape index (κ1) is 18.8. The molecule has 1 N–H and O–H groups in total. The van der Waals surface area contributed by atoms with E-state index in [0.29, 0.717) is 28.1 Å². The van der Waals surface area contributed by atoms with Crippen molar-refractivity contribution >= 4 is 28.4 Å². The summed E-state index contributed by atoms with van der Waals surface area (Å²) in [7, 11) is 1.58. The number of carbonyl (C=O) groups excluding carboxylic acids is 1. The van der Waals surface area contributed by atoms with Crippen LogP contribution in [0.3, 0.4) is 0 Å². The van der Waals surface area contributed by atoms with E-state index in [9.17, 15) is 9.59 Å². The molecule has 0 unspecified atom stereocenters. The van der Waals surface area contributed by atoms with E-state index < -0.39 is 0 Å². The smallest absolute Gasteiger partial charge is 0.278 e. The molecule has 27 heavy (non-hydrogen) atoms. The summed E-state index contributed by atoms with van der Waals surface area (Å²) in [6.07, 6.45) is 0.548. The minimum absolute atomic E-state index is 0.174. The molecule has 1 aromatic heterocycles. The Balaban J connectivity index is 1.65. The molecule has 2 aromatic carbocycles. The number of halogens is 1. The SMILES string of the molecule is COc1ccc(C[C@H](C)NC(=O)Cn2nnc3ccccc3c2=O)c(Cl)c1. The maximum absolute atomic E-state index is 12.4. The van der Waals surface area contributed by atoms with Crippen LogP contribution in [0.4, 0.5) is 0 Å². The highest BCUT2D eigenvalue weighted by molar-refractivity contribution is 6.31. The van der Waals surface area contributed by atoms with E-state index in [1.54, 1.807) is 37.4 Å². The molecule has 0 aliphatic heterocycles. The molecule has 0 bridgehead atoms. The van der Waals surface area contributed by atoms with Crippen molar-refractivity contribution in [2.24, 2.45) is 0 Å². The fourth-order valence-corrected chi connectivity index (χ4v) is 3.03. The van der Waals surface area contributed by atoms with E-state index in [4.69, 9.17) is 16.3 Å². The second-order valence-electron chi connectivity index (χ2n) is 6.20. The second-order valence-corrected chi connectivity index (χ2v) is 6.61. The molecule has 3 rings (SSSR count). The molecule has 0 radical (unpaired) electrons. The molecular formula is C19H19ClN4O3. The zero-order chi connectivity index (χ0) is 19.4. The number of methoxy groups -OCH3 is 1. The molecule has 7 nitrogen and oxygen atoms in total. The summed E-state index contributed by atoms with van der Waals surface area (Å²) in [6, 6.07) is 12.1. The van der Waals surface area contributed by atoms with Crippen molar-refractivity contribution in [3.05, 3.63) is 63.4 Å². The van der Waals surface area contributed by atoms with Gasteiger partial charge in [0.15, 0.2) is 0 Å². The maximum atomic E-state index is 12.4. The fraction of sp³-hybridized carbons (Fsp3) is 0.263. The van der Waals surface area contributed by atoms with Gasteiger partial charge in [0, 0.05) is 11.1 Å². The lowest BCUT2D eigenvalue weighted by molar-refractivity contribution is -0.122. The third-order valence-electron chi connectivity index (χ3n) is 4.12. The first-order valence-corrected chi connectivity index (χ1v) is 8.80. The quantitative estimate of drug-likeness (QED) is 0.701. The lowest BCUT2D eigenvalue weighted by Crippen LogP contribution is -2.39. The van der Waals surface area contributed by atoms with Gasteiger partial charge in [-0.1, -0.05) is 35.0 Å². The van der Waals surface area contributed by atoms with Crippen molar-refractivity contribution in [1.29, 1.82) is 0 Å². The number of benzene rings is 2. The fourth-order valence-electron chi connectivity index (χ4n) is 2.78. The highest BCUT2D eigenvalue weighted by Crippen LogP contribution is 2.23. The summed E-state index contributed by atoms with van der Waals surface area (Å²) in [6.45, 7) is 1.67. The van der Waals surface area contributed by atoms with Crippen molar-refractivity contribution in [2.75, 3.05) is 7.11 Å². The van der Waals surface area contributed by atoms with Gasteiger partial charge in [-0.2, -0.15) is 0 Å². The van der Waals surface area contributed by atoms with Crippen molar-refractivity contribution < 1.29 is 9.53 Å². The summed E-state index contributed by atoms with van der Waals surface area (Å²) in [5, 5.41) is 11.7. The standard InChI is InChI=1S/C19H19ClN4O3/c1-12(9-13-7-8-14(27-2)10-16(13)20)21-18(25)11-24-19(26)15-5-3-4-6-17(15)22-23-24/h3-8,10,12H,9,11H2,1-2H3,(H,21,25)/t12-/m0/s1. The van der Waals surface area contributed by atoms with Crippen LogP contribution < -0.4 is 15.6 Å². The number of hydrogen-bond acceptors (Lipinski definition) is 5. The van der Waals surface area contributed by atoms with E-state index in [1.807, 2.05) is 19.1 Å². The number of nitrogens with one attached hydrogen (secondary N) is 1. The summed E-state index contributed by atoms with van der Waals surface area (Å²) in [4.78, 5) is 24.7. The Morgan fingerprint density at radius 1 is 1.30 bits per heavy atom. The molecule has 0 fully saturated rings. The molecule has 0 saturated carbocycles. The first-order chi connectivity index (χ1) is 13.0. The Morgan fingerprint density at radius 3 is 2.81 bits per heavy atom. The highest BCUT2D eigenvalue weighted by atomic mass is 35.5. The maximum Gasteiger partial charge on any atom is 0.278 e. The first-order valence-electron chi connectivity index (χ1n) is 8.42. The Labute approximate surface area is 160 Å². The minimum Gasteiger partial charge on any atom is -0.497 e. The number of amides is 1. The predicted molar refractivity (Wildman–Crippen MR) is 103 cm³/mol. The lowest BCUT2D eigenvalue weighted by Gasteiger charge is -2.15. The molecule has 8 heteroatoms. The van der Waals surface area contributed by atoms with E-state index in [1.165, 1.54) is 0 Å². The van der Waals surface area contributed by atoms with Gasteiger partial charge in [0.2, 0.25) is 5.91 Å². The van der Waals surface area contributed by atoms with Crippen LogP contribution in [0.2, 0.25) is 5.02 Å². The molecule has 1 heterocycles. The summed E-state index contributed by atoms with van der Waals surface area (Å²) >= 11 is 6.24. The average molecular weight is 387 g/mol. The van der Waals surface area contributed by atoms with Gasteiger partial charge in [-0.05, 0) is 43.2 Å². The number of carbonyl (C=O) groups is 1. The van der Waals surface area contributed by atoms with Crippen molar-refractivity contribution in [3.63, 3.8) is 0 Å². The summed E-state index contributed by atoms with van der Waals surface area (Å²) < 4.78 is 6.19. The van der Waals surface area contributed by atoms with Crippen LogP contribution in [0.5, 0.6) is 5.75 Å². The Bertz CT molecular complexity index is 1030. The summed E-state index contributed by atoms with van der Waals surface area (Å²) in [5.41, 5.74) is 1.05. The van der Waals surface area contributed by atoms with Crippen LogP contribution in [0, 0.1) is 0 Å². The van der Waals surface area contributed by atoms with E-state index in [2.05, 4.69) is 15.6 Å². The van der Waals surface area contributed by atoms with Crippen molar-refractivity contribution in [1.82, 2.24) is 20.3 Å². The molecule has 0 saturated heterocycles. The molecule has 0 spiro atoms. The normalized spacial score (nSPS) is 12.0. The van der Waals surface area contributed by atoms with Gasteiger partial charge in [0.1, 0.15) is 17.8 Å². The van der Waals surface area contributed by atoms with Crippen LogP contribution >= 0.6 is 11.6 Å². The number of rotatable bonds is 6. The van der Waals surface area contributed by atoms with Gasteiger partial charge < -0.3 is 10.1 Å². The number of ether oxygens (including phenoxy) is 1. The van der Waals surface area contributed by atoms with Gasteiger partial charge in [-0.25, -0.2) is 4.68 Å². The number of hydrogen-bond donors (Lipinski definition) is 1. The lowest BCUT2D eigenvalue weighted by atomic mass is 10.1. The monoisotopic (exact) mass is 386 g/mol. The third-order valence-corrected chi connectivity index (χ3v) is 4.47. The number of fused-ring (bicyclic) bond motifs is 1. The van der Waals surface area contributed by atoms with Crippen molar-refractivity contribution in [3.8, 4) is 5.75 Å². The van der Waals surface area contributed by atoms with Crippen LogP contribution in [0.15, 0.2) is 47.3 Å². The van der Waals surface area contributed by atoms with Gasteiger partial charge in [0.05, 0.1) is 12.5 Å². The van der Waals surface area contributed by atoms with Crippen LogP contribution in [-0.2, 0) is 17.8 Å². The molecule has 3 aromatic rings. The van der Waals surface area contributed by atoms with Gasteiger partial charge >= 0.3 is 0 Å². The second kappa shape index (κ2) is 8.18. The highest BCUT2D eigenvalue weighted by Gasteiger charge is 2.13. The largest absolute Gasteiger partial charge is 0.497 e. The van der Waals surface area contributed by atoms with E-state index in [-0.39, 0.29) is 24.1 Å². The summed E-state index contributed by atoms with van der Waals surface area (Å²) in [5.74, 6) is 0.355. The molecule has 0 aliphatic carbocycles. The Morgan fingerprint density at radius 2 is 2.07 bits per heavy atom. The predicted octanol–water partition coefficient (Wildman–Crippen LogP) is 2.20. The molecular weight excluding hydrogens is 368 g/mol. The van der Waals surface area contributed by atoms with E-state index >= 15 is 0 Å². The Hall–Kier alpha value is -2.93. The van der Waals surface area contributed by atoms with Gasteiger partial charge in [-0.15, -0.1) is 5.10 Å². The van der Waals surface area contributed by atoms with Gasteiger partial charge in [-0.3, -0.25) is 9.59 Å². The van der Waals surface area contributed by atoms with Crippen LogP contribution in [0.1, 0.15) is 12.5 Å². The zero-order valence-corrected chi connectivity index (χ0v) is 15.7. The zero-order valence-electron chi connectivity index (χ0n) is 15.0. The average Bonchev–Trinajstić information content (AvgIpc) is 2.65. The van der Waals surface area contributed by atoms with Crippen LogP contribution in [0.25, 0.3) is 10.9 Å². The minimum atomic E-state index is -0.346. The topological polar surface area (TPSA) is 86.1 Å². The van der Waals surface area contributed by atoms with Crippen LogP contribution in [-0.4, -0.2) is 34.1 Å². The van der Waals surface area contributed by atoms with E-state index in [0.717, 1.165) is 10.2 Å². The molecule has 140 valence electrons. The number of nitrogens with zero attached hydrogens (tertiary/aromatic N) is 3. The molecule has 1 amide bonds. The van der Waals surface area contributed by atoms with Gasteiger partial charge in [0.25, 0.3) is 5.56 Å². The molecule has 0 aliphatic rings. The Kier molecular flexibility index (Phi) is 5.71. The third kappa shape index (κ3) is 4.43. The van der Waals surface area contributed by atoms with Crippen molar-refractivity contribution in [2.45, 2.75) is 25.9 Å².